The fraction of sp³-hybridized carbons (Fsp3) is 0.136. The third-order valence-corrected chi connectivity index (χ3v) is 5.11. The summed E-state index contributed by atoms with van der Waals surface area (Å²) in [5.74, 6) is 0.607. The van der Waals surface area contributed by atoms with Crippen molar-refractivity contribution in [2.75, 3.05) is 30.6 Å². The van der Waals surface area contributed by atoms with Gasteiger partial charge in [0.15, 0.2) is 0 Å². The van der Waals surface area contributed by atoms with E-state index in [1.54, 1.807) is 7.11 Å². The lowest BCUT2D eigenvalue weighted by atomic mass is 10.0. The number of rotatable bonds is 3. The minimum absolute atomic E-state index is 0.607. The average Bonchev–Trinajstić information content (AvgIpc) is 3.11. The number of ether oxygens (including phenoxy) is 1. The number of hydrogen-bond donors (Lipinski definition) is 0. The molecule has 0 fully saturated rings. The molecule has 6 heteroatoms. The molecule has 5 rings (SSSR count). The fourth-order valence-corrected chi connectivity index (χ4v) is 3.68. The van der Waals surface area contributed by atoms with Crippen LogP contribution in [0.3, 0.4) is 0 Å². The summed E-state index contributed by atoms with van der Waals surface area (Å²) < 4.78 is 5.20. The van der Waals surface area contributed by atoms with Crippen LogP contribution >= 0.6 is 0 Å². The Labute approximate surface area is 163 Å². The minimum Gasteiger partial charge on any atom is -0.481 e. The molecule has 0 spiro atoms. The van der Waals surface area contributed by atoms with Crippen molar-refractivity contribution in [1.82, 2.24) is 15.0 Å². The molecule has 0 aliphatic carbocycles. The molecule has 0 atom stereocenters. The van der Waals surface area contributed by atoms with Crippen LogP contribution < -0.4 is 14.5 Å². The van der Waals surface area contributed by atoms with Crippen LogP contribution in [0, 0.1) is 0 Å². The predicted octanol–water partition coefficient (Wildman–Crippen LogP) is 4.25. The van der Waals surface area contributed by atoms with E-state index in [0.717, 1.165) is 45.8 Å². The molecule has 1 aliphatic rings. The molecule has 0 saturated heterocycles. The predicted molar refractivity (Wildman–Crippen MR) is 111 cm³/mol. The number of benzene rings is 1. The molecule has 138 valence electrons. The van der Waals surface area contributed by atoms with Gasteiger partial charge in [-0.25, -0.2) is 4.98 Å². The summed E-state index contributed by atoms with van der Waals surface area (Å²) in [6.07, 6.45) is 7.42. The Balaban J connectivity index is 1.69. The van der Waals surface area contributed by atoms with Crippen molar-refractivity contribution in [3.05, 3.63) is 67.3 Å². The number of aromatic nitrogens is 3. The van der Waals surface area contributed by atoms with E-state index in [4.69, 9.17) is 4.74 Å². The quantitative estimate of drug-likeness (QED) is 0.538. The van der Waals surface area contributed by atoms with Crippen molar-refractivity contribution in [2.24, 2.45) is 0 Å². The Morgan fingerprint density at radius 2 is 1.79 bits per heavy atom. The molecule has 4 heterocycles. The number of pyridine rings is 3. The van der Waals surface area contributed by atoms with Crippen LogP contribution in [0.1, 0.15) is 0 Å². The molecular weight excluding hydrogens is 350 g/mol. The maximum absolute atomic E-state index is 5.20. The molecule has 0 radical (unpaired) electrons. The van der Waals surface area contributed by atoms with Crippen LogP contribution in [-0.2, 0) is 0 Å². The number of anilines is 3. The van der Waals surface area contributed by atoms with Crippen LogP contribution in [0.5, 0.6) is 5.88 Å². The first-order chi connectivity index (χ1) is 13.7. The summed E-state index contributed by atoms with van der Waals surface area (Å²) >= 11 is 0. The summed E-state index contributed by atoms with van der Waals surface area (Å²) in [6.45, 7) is 0.740. The van der Waals surface area contributed by atoms with Crippen LogP contribution in [0.15, 0.2) is 67.3 Å². The summed E-state index contributed by atoms with van der Waals surface area (Å²) in [4.78, 5) is 17.6. The molecule has 1 aliphatic heterocycles. The largest absolute Gasteiger partial charge is 0.481 e. The van der Waals surface area contributed by atoms with Gasteiger partial charge in [0.2, 0.25) is 5.88 Å². The van der Waals surface area contributed by atoms with E-state index >= 15 is 0 Å². The zero-order chi connectivity index (χ0) is 19.1. The SMILES string of the molecule is COc1ccc(N2CN(C)c3cnc4ccc(-c5ccncc5)cc4c32)cn1. The second-order valence-electron chi connectivity index (χ2n) is 6.79. The number of nitrogens with zero attached hydrogens (tertiary/aromatic N) is 5. The third-order valence-electron chi connectivity index (χ3n) is 5.11. The van der Waals surface area contributed by atoms with Crippen LogP contribution in [0.2, 0.25) is 0 Å². The van der Waals surface area contributed by atoms with E-state index in [-0.39, 0.29) is 0 Å². The lowest BCUT2D eigenvalue weighted by Crippen LogP contribution is -2.24. The van der Waals surface area contributed by atoms with Gasteiger partial charge in [-0.1, -0.05) is 6.07 Å². The van der Waals surface area contributed by atoms with Gasteiger partial charge >= 0.3 is 0 Å². The van der Waals surface area contributed by atoms with Crippen LogP contribution in [-0.4, -0.2) is 35.8 Å². The minimum atomic E-state index is 0.607. The maximum Gasteiger partial charge on any atom is 0.213 e. The molecule has 0 saturated carbocycles. The van der Waals surface area contributed by atoms with Gasteiger partial charge in [0.1, 0.15) is 0 Å². The molecule has 6 nitrogen and oxygen atoms in total. The fourth-order valence-electron chi connectivity index (χ4n) is 3.68. The van der Waals surface area contributed by atoms with Crippen molar-refractivity contribution in [2.45, 2.75) is 0 Å². The second-order valence-corrected chi connectivity index (χ2v) is 6.79. The summed E-state index contributed by atoms with van der Waals surface area (Å²) in [5, 5.41) is 1.12. The zero-order valence-corrected chi connectivity index (χ0v) is 15.7. The Morgan fingerprint density at radius 1 is 0.929 bits per heavy atom. The standard InChI is InChI=1S/C22H19N5O/c1-26-14-27(17-4-6-21(28-2)25-12-17)22-18-11-16(15-7-9-23-10-8-15)3-5-19(18)24-13-20(22)26/h3-13H,14H2,1-2H3. The van der Waals surface area contributed by atoms with Crippen LogP contribution in [0.25, 0.3) is 22.0 Å². The Morgan fingerprint density at radius 3 is 2.54 bits per heavy atom. The van der Waals surface area contributed by atoms with Gasteiger partial charge in [-0.15, -0.1) is 0 Å². The van der Waals surface area contributed by atoms with E-state index in [1.807, 2.05) is 49.1 Å². The van der Waals surface area contributed by atoms with E-state index in [2.05, 4.69) is 50.0 Å². The van der Waals surface area contributed by atoms with Gasteiger partial charge in [0.05, 0.1) is 48.8 Å². The second kappa shape index (κ2) is 6.49. The van der Waals surface area contributed by atoms with E-state index in [9.17, 15) is 0 Å². The topological polar surface area (TPSA) is 54.4 Å². The third kappa shape index (κ3) is 2.62. The van der Waals surface area contributed by atoms with Gasteiger partial charge in [-0.05, 0) is 41.5 Å². The first-order valence-electron chi connectivity index (χ1n) is 9.06. The van der Waals surface area contributed by atoms with Gasteiger partial charge in [0.25, 0.3) is 0 Å². The van der Waals surface area contributed by atoms with E-state index in [0.29, 0.717) is 5.88 Å². The highest BCUT2D eigenvalue weighted by molar-refractivity contribution is 6.03. The molecule has 0 unspecified atom stereocenters. The lowest BCUT2D eigenvalue weighted by molar-refractivity contribution is 0.398. The number of fused-ring (bicyclic) bond motifs is 3. The molecule has 0 amide bonds. The van der Waals surface area contributed by atoms with Gasteiger partial charge in [-0.2, -0.15) is 0 Å². The highest BCUT2D eigenvalue weighted by Crippen LogP contribution is 2.44. The van der Waals surface area contributed by atoms with Gasteiger partial charge in [0, 0.05) is 30.9 Å². The average molecular weight is 369 g/mol. The molecule has 1 aromatic carbocycles. The smallest absolute Gasteiger partial charge is 0.213 e. The number of methoxy groups -OCH3 is 1. The first kappa shape index (κ1) is 16.5. The highest BCUT2D eigenvalue weighted by Gasteiger charge is 2.27. The monoisotopic (exact) mass is 369 g/mol. The Kier molecular flexibility index (Phi) is 3.83. The molecule has 0 N–H and O–H groups in total. The van der Waals surface area contributed by atoms with Crippen molar-refractivity contribution >= 4 is 28.0 Å². The molecule has 3 aromatic heterocycles. The van der Waals surface area contributed by atoms with Crippen molar-refractivity contribution in [3.63, 3.8) is 0 Å². The van der Waals surface area contributed by atoms with Gasteiger partial charge in [-0.3, -0.25) is 9.97 Å². The molecular formula is C22H19N5O. The van der Waals surface area contributed by atoms with Gasteiger partial charge < -0.3 is 14.5 Å². The first-order valence-corrected chi connectivity index (χ1v) is 9.06. The van der Waals surface area contributed by atoms with Crippen molar-refractivity contribution in [1.29, 1.82) is 0 Å². The molecule has 0 bridgehead atoms. The number of hydrogen-bond acceptors (Lipinski definition) is 6. The van der Waals surface area contributed by atoms with E-state index < -0.39 is 0 Å². The van der Waals surface area contributed by atoms with Crippen molar-refractivity contribution < 1.29 is 4.74 Å². The summed E-state index contributed by atoms with van der Waals surface area (Å²) in [5.41, 5.74) is 6.53. The Hall–Kier alpha value is -3.67. The van der Waals surface area contributed by atoms with E-state index in [1.165, 1.54) is 0 Å². The van der Waals surface area contributed by atoms with Crippen molar-refractivity contribution in [3.8, 4) is 17.0 Å². The maximum atomic E-state index is 5.20. The summed E-state index contributed by atoms with van der Waals surface area (Å²) in [6, 6.07) is 14.4. The highest BCUT2D eigenvalue weighted by atomic mass is 16.5. The van der Waals surface area contributed by atoms with Crippen LogP contribution in [0.4, 0.5) is 17.1 Å². The Bertz CT molecular complexity index is 1140. The normalized spacial score (nSPS) is 13.1. The molecule has 28 heavy (non-hydrogen) atoms. The summed E-state index contributed by atoms with van der Waals surface area (Å²) in [7, 11) is 3.71. The molecule has 4 aromatic rings. The lowest BCUT2D eigenvalue weighted by Gasteiger charge is -2.20. The zero-order valence-electron chi connectivity index (χ0n) is 15.7.